The summed E-state index contributed by atoms with van der Waals surface area (Å²) < 4.78 is 13.5. The number of fused-ring (bicyclic) bond motifs is 1. The Morgan fingerprint density at radius 3 is 2.82 bits per heavy atom. The van der Waals surface area contributed by atoms with Crippen molar-refractivity contribution in [3.05, 3.63) is 42.7 Å². The van der Waals surface area contributed by atoms with Crippen molar-refractivity contribution in [1.29, 1.82) is 0 Å². The molecule has 2 heterocycles. The van der Waals surface area contributed by atoms with E-state index in [1.165, 1.54) is 0 Å². The standard InChI is InChI=1S/C16H18N4O2/c1-3-21-14-10-13-11(5-7-20(13)18-2)8-15(14)22-12-4-6-19-16(17)9-12/h4-10,18H,3H2,1-2H3,(H2,17,19). The van der Waals surface area contributed by atoms with Gasteiger partial charge in [-0.2, -0.15) is 0 Å². The van der Waals surface area contributed by atoms with Crippen LogP contribution in [0.15, 0.2) is 42.7 Å². The predicted octanol–water partition coefficient (Wildman–Crippen LogP) is 2.98. The number of ether oxygens (including phenoxy) is 2. The van der Waals surface area contributed by atoms with Crippen molar-refractivity contribution in [3.8, 4) is 17.2 Å². The van der Waals surface area contributed by atoms with Gasteiger partial charge in [0.25, 0.3) is 0 Å². The van der Waals surface area contributed by atoms with E-state index in [4.69, 9.17) is 15.2 Å². The largest absolute Gasteiger partial charge is 0.490 e. The van der Waals surface area contributed by atoms with Gasteiger partial charge in [-0.3, -0.25) is 4.68 Å². The van der Waals surface area contributed by atoms with Gasteiger partial charge in [-0.05, 0) is 25.1 Å². The number of nitrogens with one attached hydrogen (secondary N) is 1. The lowest BCUT2D eigenvalue weighted by Crippen LogP contribution is -2.06. The summed E-state index contributed by atoms with van der Waals surface area (Å²) in [5, 5.41) is 1.05. The molecule has 3 rings (SSSR count). The Balaban J connectivity index is 2.05. The number of hydrogen-bond donors (Lipinski definition) is 2. The van der Waals surface area contributed by atoms with Crippen molar-refractivity contribution in [1.82, 2.24) is 9.66 Å². The third-order valence-corrected chi connectivity index (χ3v) is 3.28. The van der Waals surface area contributed by atoms with Crippen LogP contribution >= 0.6 is 0 Å². The molecule has 0 amide bonds. The first kappa shape index (κ1) is 14.1. The summed E-state index contributed by atoms with van der Waals surface area (Å²) in [6.07, 6.45) is 3.57. The van der Waals surface area contributed by atoms with Crippen LogP contribution < -0.4 is 20.6 Å². The number of nitrogens with zero attached hydrogens (tertiary/aromatic N) is 2. The minimum absolute atomic E-state index is 0.415. The molecule has 6 nitrogen and oxygen atoms in total. The minimum Gasteiger partial charge on any atom is -0.490 e. The molecule has 0 fully saturated rings. The quantitative estimate of drug-likeness (QED) is 0.757. The van der Waals surface area contributed by atoms with Gasteiger partial charge >= 0.3 is 0 Å². The Kier molecular flexibility index (Phi) is 3.74. The maximum atomic E-state index is 5.92. The monoisotopic (exact) mass is 298 g/mol. The third-order valence-electron chi connectivity index (χ3n) is 3.28. The molecule has 6 heteroatoms. The lowest BCUT2D eigenvalue weighted by atomic mass is 10.2. The van der Waals surface area contributed by atoms with Gasteiger partial charge in [-0.1, -0.05) is 0 Å². The minimum atomic E-state index is 0.415. The fourth-order valence-electron chi connectivity index (χ4n) is 2.30. The van der Waals surface area contributed by atoms with Gasteiger partial charge in [0, 0.05) is 37.0 Å². The van der Waals surface area contributed by atoms with Crippen LogP contribution in [-0.4, -0.2) is 23.3 Å². The first-order chi connectivity index (χ1) is 10.7. The van der Waals surface area contributed by atoms with E-state index in [0.29, 0.717) is 29.7 Å². The van der Waals surface area contributed by atoms with Crippen molar-refractivity contribution in [2.24, 2.45) is 0 Å². The van der Waals surface area contributed by atoms with E-state index in [-0.39, 0.29) is 0 Å². The van der Waals surface area contributed by atoms with E-state index in [2.05, 4.69) is 10.4 Å². The molecule has 2 aromatic heterocycles. The molecule has 0 unspecified atom stereocenters. The SMILES string of the molecule is CCOc1cc2c(ccn2NC)cc1Oc1ccnc(N)c1. The number of hydrogen-bond acceptors (Lipinski definition) is 5. The van der Waals surface area contributed by atoms with Gasteiger partial charge in [0.15, 0.2) is 11.5 Å². The summed E-state index contributed by atoms with van der Waals surface area (Å²) in [5.41, 5.74) is 9.80. The average molecular weight is 298 g/mol. The number of nitrogens with two attached hydrogens (primary N) is 1. The second-order valence-corrected chi connectivity index (χ2v) is 4.72. The fraction of sp³-hybridized carbons (Fsp3) is 0.188. The van der Waals surface area contributed by atoms with Crippen LogP contribution in [0.1, 0.15) is 6.92 Å². The van der Waals surface area contributed by atoms with Crippen molar-refractivity contribution in [2.45, 2.75) is 6.92 Å². The molecular weight excluding hydrogens is 280 g/mol. The van der Waals surface area contributed by atoms with Crippen molar-refractivity contribution >= 4 is 16.7 Å². The highest BCUT2D eigenvalue weighted by atomic mass is 16.5. The molecule has 3 N–H and O–H groups in total. The molecule has 0 bridgehead atoms. The highest BCUT2D eigenvalue weighted by Gasteiger charge is 2.11. The maximum Gasteiger partial charge on any atom is 0.170 e. The number of anilines is 1. The molecule has 114 valence electrons. The molecular formula is C16H18N4O2. The Morgan fingerprint density at radius 2 is 2.09 bits per heavy atom. The molecule has 0 aliphatic rings. The number of rotatable bonds is 5. The molecule has 0 radical (unpaired) electrons. The van der Waals surface area contributed by atoms with Gasteiger partial charge in [-0.15, -0.1) is 0 Å². The molecule has 0 aliphatic carbocycles. The van der Waals surface area contributed by atoms with E-state index < -0.39 is 0 Å². The molecule has 0 atom stereocenters. The van der Waals surface area contributed by atoms with Crippen molar-refractivity contribution in [2.75, 3.05) is 24.8 Å². The summed E-state index contributed by atoms with van der Waals surface area (Å²) >= 11 is 0. The van der Waals surface area contributed by atoms with E-state index in [1.807, 2.05) is 43.0 Å². The lowest BCUT2D eigenvalue weighted by molar-refractivity contribution is 0.322. The molecule has 0 saturated heterocycles. The number of aromatic nitrogens is 2. The van der Waals surface area contributed by atoms with Crippen LogP contribution in [0.3, 0.4) is 0 Å². The van der Waals surface area contributed by atoms with E-state index in [1.54, 1.807) is 18.3 Å². The number of benzene rings is 1. The second-order valence-electron chi connectivity index (χ2n) is 4.72. The second kappa shape index (κ2) is 5.85. The van der Waals surface area contributed by atoms with Gasteiger partial charge in [-0.25, -0.2) is 4.98 Å². The van der Waals surface area contributed by atoms with Gasteiger partial charge in [0.05, 0.1) is 12.1 Å². The van der Waals surface area contributed by atoms with Gasteiger partial charge in [0.1, 0.15) is 11.6 Å². The molecule has 0 saturated carbocycles. The molecule has 22 heavy (non-hydrogen) atoms. The zero-order valence-electron chi connectivity index (χ0n) is 12.5. The van der Waals surface area contributed by atoms with Crippen molar-refractivity contribution < 1.29 is 9.47 Å². The Labute approximate surface area is 128 Å². The zero-order valence-corrected chi connectivity index (χ0v) is 12.5. The molecule has 1 aromatic carbocycles. The molecule has 3 aromatic rings. The van der Waals surface area contributed by atoms with E-state index >= 15 is 0 Å². The first-order valence-electron chi connectivity index (χ1n) is 7.06. The van der Waals surface area contributed by atoms with Crippen LogP contribution in [0.25, 0.3) is 10.9 Å². The third kappa shape index (κ3) is 2.63. The summed E-state index contributed by atoms with van der Waals surface area (Å²) in [7, 11) is 1.87. The topological polar surface area (TPSA) is 74.3 Å². The van der Waals surface area contributed by atoms with Crippen LogP contribution in [0.4, 0.5) is 5.82 Å². The first-order valence-corrected chi connectivity index (χ1v) is 7.06. The van der Waals surface area contributed by atoms with Crippen LogP contribution in [-0.2, 0) is 0 Å². The predicted molar refractivity (Wildman–Crippen MR) is 87.1 cm³/mol. The Hall–Kier alpha value is -2.89. The summed E-state index contributed by atoms with van der Waals surface area (Å²) in [6, 6.07) is 9.35. The molecule has 0 aliphatic heterocycles. The van der Waals surface area contributed by atoms with Crippen LogP contribution in [0.5, 0.6) is 17.2 Å². The number of pyridine rings is 1. The summed E-state index contributed by atoms with van der Waals surface area (Å²) in [5.74, 6) is 2.37. The Morgan fingerprint density at radius 1 is 1.23 bits per heavy atom. The summed E-state index contributed by atoms with van der Waals surface area (Å²) in [6.45, 7) is 2.50. The van der Waals surface area contributed by atoms with Gasteiger partial charge < -0.3 is 20.6 Å². The highest BCUT2D eigenvalue weighted by Crippen LogP contribution is 2.36. The zero-order chi connectivity index (χ0) is 15.5. The fourth-order valence-corrected chi connectivity index (χ4v) is 2.30. The maximum absolute atomic E-state index is 5.92. The Bertz CT molecular complexity index is 798. The van der Waals surface area contributed by atoms with E-state index in [9.17, 15) is 0 Å². The van der Waals surface area contributed by atoms with Crippen LogP contribution in [0.2, 0.25) is 0 Å². The normalized spacial score (nSPS) is 10.6. The van der Waals surface area contributed by atoms with E-state index in [0.717, 1.165) is 10.9 Å². The van der Waals surface area contributed by atoms with Crippen molar-refractivity contribution in [3.63, 3.8) is 0 Å². The lowest BCUT2D eigenvalue weighted by Gasteiger charge is -2.13. The average Bonchev–Trinajstić information content (AvgIpc) is 2.90. The van der Waals surface area contributed by atoms with Gasteiger partial charge in [0.2, 0.25) is 0 Å². The van der Waals surface area contributed by atoms with Crippen LogP contribution in [0, 0.1) is 0 Å². The molecule has 0 spiro atoms. The highest BCUT2D eigenvalue weighted by molar-refractivity contribution is 5.84. The number of nitrogen functional groups attached to an aromatic ring is 1. The summed E-state index contributed by atoms with van der Waals surface area (Å²) in [4.78, 5) is 3.96. The smallest absolute Gasteiger partial charge is 0.170 e.